The first-order chi connectivity index (χ1) is 9.06. The van der Waals surface area contributed by atoms with Crippen LogP contribution in [0.25, 0.3) is 0 Å². The highest BCUT2D eigenvalue weighted by Gasteiger charge is 2.33. The summed E-state index contributed by atoms with van der Waals surface area (Å²) in [6, 6.07) is 6.62. The molecule has 19 heavy (non-hydrogen) atoms. The Balaban J connectivity index is 2.38. The number of benzene rings is 1. The number of carboxylic acids is 1. The van der Waals surface area contributed by atoms with Crippen LogP contribution in [0.2, 0.25) is 0 Å². The Morgan fingerprint density at radius 1 is 1.47 bits per heavy atom. The van der Waals surface area contributed by atoms with Gasteiger partial charge in [0.1, 0.15) is 0 Å². The number of fused-ring (bicyclic) bond motifs is 1. The molecular weight excluding hydrogens is 244 g/mol. The maximum Gasteiger partial charge on any atom is 0.311 e. The van der Waals surface area contributed by atoms with Crippen LogP contribution in [0.15, 0.2) is 24.3 Å². The van der Waals surface area contributed by atoms with Gasteiger partial charge in [-0.15, -0.1) is 0 Å². The second kappa shape index (κ2) is 5.40. The molecule has 3 N–H and O–H groups in total. The number of anilines is 1. The number of carbonyl (C=O) groups is 2. The topological polar surface area (TPSA) is 83.6 Å². The summed E-state index contributed by atoms with van der Waals surface area (Å²) in [6.07, 6.45) is 0.994. The molecule has 5 heteroatoms. The van der Waals surface area contributed by atoms with E-state index in [-0.39, 0.29) is 5.91 Å². The van der Waals surface area contributed by atoms with E-state index in [1.165, 1.54) is 0 Å². The summed E-state index contributed by atoms with van der Waals surface area (Å²) in [5, 5.41) is 9.24. The molecule has 1 unspecified atom stereocenters. The van der Waals surface area contributed by atoms with Crippen LogP contribution in [0.3, 0.4) is 0 Å². The van der Waals surface area contributed by atoms with Crippen LogP contribution in [0.4, 0.5) is 5.69 Å². The minimum absolute atomic E-state index is 0.140. The van der Waals surface area contributed by atoms with E-state index < -0.39 is 17.9 Å². The molecule has 1 aliphatic rings. The number of rotatable bonds is 3. The van der Waals surface area contributed by atoms with Crippen molar-refractivity contribution in [2.75, 3.05) is 11.4 Å². The van der Waals surface area contributed by atoms with Gasteiger partial charge in [0.25, 0.3) is 0 Å². The van der Waals surface area contributed by atoms with Gasteiger partial charge in [0.15, 0.2) is 0 Å². The fraction of sp³-hybridized carbons (Fsp3) is 0.429. The van der Waals surface area contributed by atoms with Crippen LogP contribution in [0.1, 0.15) is 31.2 Å². The number of aliphatic carboxylic acids is 1. The van der Waals surface area contributed by atoms with Crippen molar-refractivity contribution < 1.29 is 14.7 Å². The van der Waals surface area contributed by atoms with Crippen LogP contribution in [-0.4, -0.2) is 29.6 Å². The first kappa shape index (κ1) is 13.5. The van der Waals surface area contributed by atoms with E-state index in [1.807, 2.05) is 6.92 Å². The maximum atomic E-state index is 12.2. The molecule has 0 aromatic heterocycles. The van der Waals surface area contributed by atoms with Crippen LogP contribution >= 0.6 is 0 Å². The van der Waals surface area contributed by atoms with Gasteiger partial charge >= 0.3 is 5.97 Å². The van der Waals surface area contributed by atoms with Crippen molar-refractivity contribution in [2.24, 2.45) is 5.73 Å². The van der Waals surface area contributed by atoms with E-state index in [1.54, 1.807) is 29.2 Å². The molecule has 5 nitrogen and oxygen atoms in total. The Hall–Kier alpha value is -1.88. The highest BCUT2D eigenvalue weighted by Crippen LogP contribution is 2.35. The average molecular weight is 262 g/mol. The van der Waals surface area contributed by atoms with Gasteiger partial charge in [-0.2, -0.15) is 0 Å². The zero-order chi connectivity index (χ0) is 14.0. The first-order valence-electron chi connectivity index (χ1n) is 6.45. The predicted molar refractivity (Wildman–Crippen MR) is 72.1 cm³/mol. The Morgan fingerprint density at radius 3 is 2.79 bits per heavy atom. The summed E-state index contributed by atoms with van der Waals surface area (Å²) in [7, 11) is 0. The van der Waals surface area contributed by atoms with E-state index in [0.717, 1.165) is 0 Å². The second-order valence-corrected chi connectivity index (χ2v) is 4.74. The lowest BCUT2D eigenvalue weighted by atomic mass is 9.89. The van der Waals surface area contributed by atoms with Crippen LogP contribution < -0.4 is 10.6 Å². The minimum atomic E-state index is -0.848. The molecule has 1 amide bonds. The number of hydrogen-bond acceptors (Lipinski definition) is 3. The van der Waals surface area contributed by atoms with Gasteiger partial charge in [0.05, 0.1) is 12.0 Å². The largest absolute Gasteiger partial charge is 0.481 e. The van der Waals surface area contributed by atoms with Gasteiger partial charge in [-0.3, -0.25) is 9.59 Å². The minimum Gasteiger partial charge on any atom is -0.481 e. The lowest BCUT2D eigenvalue weighted by Crippen LogP contribution is -2.46. The monoisotopic (exact) mass is 262 g/mol. The number of nitrogens with zero attached hydrogens (tertiary/aromatic N) is 1. The van der Waals surface area contributed by atoms with Crippen molar-refractivity contribution in [1.82, 2.24) is 0 Å². The Morgan fingerprint density at radius 2 is 2.16 bits per heavy atom. The van der Waals surface area contributed by atoms with Crippen molar-refractivity contribution >= 4 is 17.6 Å². The summed E-state index contributed by atoms with van der Waals surface area (Å²) in [4.78, 5) is 25.1. The summed E-state index contributed by atoms with van der Waals surface area (Å²) < 4.78 is 0. The molecule has 102 valence electrons. The molecular formula is C14H18N2O3. The zero-order valence-corrected chi connectivity index (χ0v) is 10.9. The number of hydrogen-bond donors (Lipinski definition) is 2. The van der Waals surface area contributed by atoms with E-state index >= 15 is 0 Å². The van der Waals surface area contributed by atoms with Crippen LogP contribution in [-0.2, 0) is 9.59 Å². The Kier molecular flexibility index (Phi) is 3.85. The molecule has 1 heterocycles. The normalized spacial score (nSPS) is 19.7. The van der Waals surface area contributed by atoms with Gasteiger partial charge in [0, 0.05) is 12.2 Å². The number of carbonyl (C=O) groups excluding carboxylic acids is 1. The summed E-state index contributed by atoms with van der Waals surface area (Å²) in [5.41, 5.74) is 7.16. The molecule has 2 rings (SSSR count). The third kappa shape index (κ3) is 2.46. The molecule has 0 spiro atoms. The number of nitrogens with two attached hydrogens (primary N) is 1. The number of para-hydroxylation sites is 1. The van der Waals surface area contributed by atoms with E-state index in [2.05, 4.69) is 0 Å². The molecule has 1 aromatic carbocycles. The molecule has 1 aliphatic heterocycles. The summed E-state index contributed by atoms with van der Waals surface area (Å²) >= 11 is 0. The molecule has 2 atom stereocenters. The molecule has 0 radical (unpaired) electrons. The molecule has 0 aliphatic carbocycles. The summed E-state index contributed by atoms with van der Waals surface area (Å²) in [5.74, 6) is -1.53. The first-order valence-corrected chi connectivity index (χ1v) is 6.45. The molecule has 1 aromatic rings. The lowest BCUT2D eigenvalue weighted by Gasteiger charge is -2.34. The maximum absolute atomic E-state index is 12.2. The Bertz CT molecular complexity index is 501. The smallest absolute Gasteiger partial charge is 0.311 e. The Labute approximate surface area is 112 Å². The van der Waals surface area contributed by atoms with Gasteiger partial charge < -0.3 is 15.7 Å². The van der Waals surface area contributed by atoms with Crippen molar-refractivity contribution in [3.63, 3.8) is 0 Å². The van der Waals surface area contributed by atoms with E-state index in [0.29, 0.717) is 30.6 Å². The van der Waals surface area contributed by atoms with Gasteiger partial charge in [-0.1, -0.05) is 25.1 Å². The summed E-state index contributed by atoms with van der Waals surface area (Å²) in [6.45, 7) is 2.26. The quantitative estimate of drug-likeness (QED) is 0.860. The molecule has 0 saturated carbocycles. The predicted octanol–water partition coefficient (Wildman–Crippen LogP) is 1.33. The molecule has 0 saturated heterocycles. The number of carboxylic acid groups (broad SMARTS) is 1. The van der Waals surface area contributed by atoms with E-state index in [4.69, 9.17) is 5.73 Å². The molecule has 0 fully saturated rings. The van der Waals surface area contributed by atoms with Crippen LogP contribution in [0, 0.1) is 0 Å². The van der Waals surface area contributed by atoms with Crippen molar-refractivity contribution in [3.05, 3.63) is 29.8 Å². The van der Waals surface area contributed by atoms with Gasteiger partial charge in [0.2, 0.25) is 5.91 Å². The third-order valence-corrected chi connectivity index (χ3v) is 3.57. The zero-order valence-electron chi connectivity index (χ0n) is 10.9. The highest BCUT2D eigenvalue weighted by molar-refractivity contribution is 5.99. The van der Waals surface area contributed by atoms with Crippen molar-refractivity contribution in [2.45, 2.75) is 31.7 Å². The highest BCUT2D eigenvalue weighted by atomic mass is 16.4. The van der Waals surface area contributed by atoms with Gasteiger partial charge in [-0.25, -0.2) is 0 Å². The average Bonchev–Trinajstić information content (AvgIpc) is 2.44. The van der Waals surface area contributed by atoms with Gasteiger partial charge in [-0.05, 0) is 24.5 Å². The van der Waals surface area contributed by atoms with E-state index in [9.17, 15) is 14.7 Å². The fourth-order valence-electron chi connectivity index (χ4n) is 2.42. The third-order valence-electron chi connectivity index (χ3n) is 3.57. The molecule has 0 bridgehead atoms. The van der Waals surface area contributed by atoms with Crippen molar-refractivity contribution in [3.8, 4) is 0 Å². The number of amides is 1. The van der Waals surface area contributed by atoms with Crippen LogP contribution in [0.5, 0.6) is 0 Å². The van der Waals surface area contributed by atoms with Crippen molar-refractivity contribution in [1.29, 1.82) is 0 Å². The standard InChI is InChI=1S/C14H18N2O3/c1-2-11(15)13(17)16-8-7-10(14(18)19)9-5-3-4-6-12(9)16/h3-6,10-11H,2,7-8,15H2,1H3,(H,18,19)/t10?,11-/m1/s1. The SMILES string of the molecule is CC[C@@H](N)C(=O)N1CCC(C(=O)O)c2ccccc21. The second-order valence-electron chi connectivity index (χ2n) is 4.74. The lowest BCUT2D eigenvalue weighted by molar-refractivity contribution is -0.139. The fourth-order valence-corrected chi connectivity index (χ4v) is 2.42.